The minimum atomic E-state index is -0.381. The van der Waals surface area contributed by atoms with Crippen LogP contribution in [0.15, 0.2) is 47.8 Å². The van der Waals surface area contributed by atoms with E-state index < -0.39 is 0 Å². The Morgan fingerprint density at radius 1 is 1.21 bits per heavy atom. The van der Waals surface area contributed by atoms with Gasteiger partial charge in [0.05, 0.1) is 33.8 Å². The molecule has 0 saturated carbocycles. The number of pyridine rings is 1. The van der Waals surface area contributed by atoms with Crippen molar-refractivity contribution in [1.29, 1.82) is 0 Å². The monoisotopic (exact) mass is 477 g/mol. The van der Waals surface area contributed by atoms with Gasteiger partial charge in [-0.15, -0.1) is 22.7 Å². The Kier molecular flexibility index (Phi) is 5.97. The third-order valence-corrected chi connectivity index (χ3v) is 7.71. The number of para-hydroxylation sites is 1. The highest BCUT2D eigenvalue weighted by Gasteiger charge is 2.29. The zero-order valence-corrected chi connectivity index (χ0v) is 20.0. The highest BCUT2D eigenvalue weighted by Crippen LogP contribution is 2.38. The summed E-state index contributed by atoms with van der Waals surface area (Å²) in [5.74, 6) is -0.641. The average Bonchev–Trinajstić information content (AvgIpc) is 3.46. The number of carbonyl (C=O) groups is 2. The molecule has 1 aliphatic heterocycles. The van der Waals surface area contributed by atoms with Crippen molar-refractivity contribution < 1.29 is 14.3 Å². The van der Waals surface area contributed by atoms with Crippen LogP contribution in [0.5, 0.6) is 0 Å². The highest BCUT2D eigenvalue weighted by molar-refractivity contribution is 7.17. The van der Waals surface area contributed by atoms with Gasteiger partial charge in [0.2, 0.25) is 0 Å². The normalized spacial score (nSPS) is 13.6. The van der Waals surface area contributed by atoms with E-state index in [-0.39, 0.29) is 18.5 Å². The van der Waals surface area contributed by atoms with Gasteiger partial charge >= 0.3 is 5.97 Å². The van der Waals surface area contributed by atoms with Crippen LogP contribution in [-0.2, 0) is 17.7 Å². The largest absolute Gasteiger partial charge is 0.462 e. The maximum atomic E-state index is 13.6. The molecule has 1 N–H and O–H groups in total. The van der Waals surface area contributed by atoms with Crippen LogP contribution in [0.1, 0.15) is 38.1 Å². The van der Waals surface area contributed by atoms with E-state index in [0.29, 0.717) is 16.1 Å². The number of nitrogens with one attached hydrogen (secondary N) is 1. The number of rotatable bonds is 5. The minimum Gasteiger partial charge on any atom is -0.462 e. The Balaban J connectivity index is 1.57. The van der Waals surface area contributed by atoms with Gasteiger partial charge in [0.15, 0.2) is 0 Å². The number of fused-ring (bicyclic) bond motifs is 2. The summed E-state index contributed by atoms with van der Waals surface area (Å²) in [6, 6.07) is 13.4. The number of aromatic nitrogens is 1. The summed E-state index contributed by atoms with van der Waals surface area (Å²) in [6.07, 6.45) is 0.757. The molecule has 1 aromatic carbocycles. The van der Waals surface area contributed by atoms with Gasteiger partial charge in [-0.3, -0.25) is 4.79 Å². The van der Waals surface area contributed by atoms with Gasteiger partial charge in [0, 0.05) is 23.4 Å². The minimum absolute atomic E-state index is 0.260. The number of ether oxygens (including phenoxy) is 1. The van der Waals surface area contributed by atoms with Gasteiger partial charge in [0.1, 0.15) is 5.00 Å². The zero-order valence-electron chi connectivity index (χ0n) is 18.4. The smallest absolute Gasteiger partial charge is 0.341 e. The van der Waals surface area contributed by atoms with Crippen molar-refractivity contribution >= 4 is 50.5 Å². The summed E-state index contributed by atoms with van der Waals surface area (Å²) >= 11 is 3.04. The second kappa shape index (κ2) is 9.05. The van der Waals surface area contributed by atoms with Gasteiger partial charge in [-0.2, -0.15) is 0 Å². The number of likely N-dealkylation sites (N-methyl/N-ethyl adjacent to an activating group) is 1. The average molecular weight is 478 g/mol. The van der Waals surface area contributed by atoms with Crippen LogP contribution in [-0.4, -0.2) is 42.0 Å². The van der Waals surface area contributed by atoms with Crippen molar-refractivity contribution in [3.8, 4) is 10.6 Å². The van der Waals surface area contributed by atoms with Crippen LogP contribution in [0, 0.1) is 0 Å². The summed E-state index contributed by atoms with van der Waals surface area (Å²) < 4.78 is 5.34. The molecule has 6 nitrogen and oxygen atoms in total. The Morgan fingerprint density at radius 3 is 2.85 bits per heavy atom. The number of carbonyl (C=O) groups excluding carboxylic acids is 2. The first-order chi connectivity index (χ1) is 16.0. The van der Waals surface area contributed by atoms with E-state index in [1.54, 1.807) is 18.3 Å². The topological polar surface area (TPSA) is 71.5 Å². The second-order valence-electron chi connectivity index (χ2n) is 7.92. The lowest BCUT2D eigenvalue weighted by molar-refractivity contribution is 0.0526. The Labute approximate surface area is 199 Å². The number of anilines is 1. The third-order valence-electron chi connectivity index (χ3n) is 5.69. The maximum Gasteiger partial charge on any atom is 0.341 e. The van der Waals surface area contributed by atoms with E-state index in [9.17, 15) is 9.59 Å². The molecule has 1 aliphatic rings. The quantitative estimate of drug-likeness (QED) is 0.388. The molecular weight excluding hydrogens is 454 g/mol. The summed E-state index contributed by atoms with van der Waals surface area (Å²) in [4.78, 5) is 35.5. The fourth-order valence-corrected chi connectivity index (χ4v) is 6.12. The lowest BCUT2D eigenvalue weighted by atomic mass is 10.0. The van der Waals surface area contributed by atoms with Crippen LogP contribution < -0.4 is 5.32 Å². The first kappa shape index (κ1) is 21.8. The molecule has 8 heteroatoms. The number of hydrogen-bond acceptors (Lipinski definition) is 7. The van der Waals surface area contributed by atoms with Crippen molar-refractivity contribution in [2.24, 2.45) is 0 Å². The predicted molar refractivity (Wildman–Crippen MR) is 133 cm³/mol. The number of hydrogen-bond donors (Lipinski definition) is 1. The lowest BCUT2D eigenvalue weighted by Gasteiger charge is -2.22. The van der Waals surface area contributed by atoms with Gasteiger partial charge < -0.3 is 15.0 Å². The molecule has 0 radical (unpaired) electrons. The lowest BCUT2D eigenvalue weighted by Crippen LogP contribution is -2.26. The van der Waals surface area contributed by atoms with Crippen molar-refractivity contribution in [3.05, 3.63) is 69.4 Å². The van der Waals surface area contributed by atoms with E-state index >= 15 is 0 Å². The third kappa shape index (κ3) is 4.17. The summed E-state index contributed by atoms with van der Waals surface area (Å²) in [5.41, 5.74) is 3.53. The molecule has 0 spiro atoms. The summed E-state index contributed by atoms with van der Waals surface area (Å²) in [6.45, 7) is 3.69. The van der Waals surface area contributed by atoms with Crippen LogP contribution >= 0.6 is 22.7 Å². The molecule has 0 aliphatic carbocycles. The molecular formula is C25H23N3O3S2. The molecule has 4 aromatic rings. The van der Waals surface area contributed by atoms with Crippen LogP contribution in [0.4, 0.5) is 5.00 Å². The van der Waals surface area contributed by atoms with Crippen molar-refractivity contribution in [2.75, 3.05) is 25.5 Å². The van der Waals surface area contributed by atoms with Crippen molar-refractivity contribution in [2.45, 2.75) is 19.9 Å². The van der Waals surface area contributed by atoms with Gasteiger partial charge in [0.25, 0.3) is 5.91 Å². The van der Waals surface area contributed by atoms with Crippen LogP contribution in [0.25, 0.3) is 21.5 Å². The Morgan fingerprint density at radius 2 is 2.06 bits per heavy atom. The van der Waals surface area contributed by atoms with E-state index in [1.807, 2.05) is 47.8 Å². The van der Waals surface area contributed by atoms with E-state index in [4.69, 9.17) is 9.72 Å². The van der Waals surface area contributed by atoms with E-state index in [1.165, 1.54) is 11.3 Å². The predicted octanol–water partition coefficient (Wildman–Crippen LogP) is 5.44. The van der Waals surface area contributed by atoms with Gasteiger partial charge in [-0.1, -0.05) is 24.3 Å². The van der Waals surface area contributed by atoms with Crippen LogP contribution in [0.2, 0.25) is 0 Å². The number of esters is 1. The molecule has 4 heterocycles. The first-order valence-electron chi connectivity index (χ1n) is 10.8. The van der Waals surface area contributed by atoms with E-state index in [0.717, 1.165) is 51.4 Å². The SMILES string of the molecule is CCOC(=O)c1c(NC(=O)c2cc(-c3cccs3)nc3ccccc23)sc2c1CCN(C)C2. The van der Waals surface area contributed by atoms with Crippen molar-refractivity contribution in [3.63, 3.8) is 0 Å². The Bertz CT molecular complexity index is 1340. The molecule has 1 amide bonds. The summed E-state index contributed by atoms with van der Waals surface area (Å²) in [5, 5.41) is 6.35. The highest BCUT2D eigenvalue weighted by atomic mass is 32.1. The maximum absolute atomic E-state index is 13.6. The fourth-order valence-electron chi connectivity index (χ4n) is 4.12. The molecule has 0 bridgehead atoms. The first-order valence-corrected chi connectivity index (χ1v) is 12.5. The fraction of sp³-hybridized carbons (Fsp3) is 0.240. The molecule has 0 unspecified atom stereocenters. The van der Waals surface area contributed by atoms with Crippen LogP contribution in [0.3, 0.4) is 0 Å². The molecule has 3 aromatic heterocycles. The number of thiophene rings is 2. The van der Waals surface area contributed by atoms with Gasteiger partial charge in [-0.05, 0) is 49.5 Å². The summed E-state index contributed by atoms with van der Waals surface area (Å²) in [7, 11) is 2.06. The second-order valence-corrected chi connectivity index (χ2v) is 9.97. The molecule has 0 saturated heterocycles. The molecule has 33 heavy (non-hydrogen) atoms. The van der Waals surface area contributed by atoms with E-state index in [2.05, 4.69) is 17.3 Å². The molecule has 0 fully saturated rings. The molecule has 168 valence electrons. The zero-order chi connectivity index (χ0) is 22.9. The number of nitrogens with zero attached hydrogens (tertiary/aromatic N) is 2. The van der Waals surface area contributed by atoms with Crippen molar-refractivity contribution in [1.82, 2.24) is 9.88 Å². The standard InChI is InChI=1S/C25H23N3O3S2/c1-3-31-25(30)22-16-10-11-28(2)14-21(16)33-24(22)27-23(29)17-13-19(20-9-6-12-32-20)26-18-8-5-4-7-15(17)18/h4-9,12-13H,3,10-11,14H2,1-2H3,(H,27,29). The van der Waals surface area contributed by atoms with Gasteiger partial charge in [-0.25, -0.2) is 9.78 Å². The Hall–Kier alpha value is -3.07. The number of benzene rings is 1. The molecule has 0 atom stereocenters. The molecule has 5 rings (SSSR count). The number of amides is 1.